The topological polar surface area (TPSA) is 72.4 Å². The Morgan fingerprint density at radius 3 is 2.75 bits per heavy atom. The molecule has 4 aromatic heterocycles. The predicted molar refractivity (Wildman–Crippen MR) is 98.2 cm³/mol. The van der Waals surface area contributed by atoms with Gasteiger partial charge in [0.2, 0.25) is 17.6 Å². The fraction of sp³-hybridized carbons (Fsp3) is 0.368. The second-order valence-corrected chi connectivity index (χ2v) is 8.08. The minimum atomic E-state index is -2.46. The fourth-order valence-electron chi connectivity index (χ4n) is 4.77. The van der Waals surface area contributed by atoms with Gasteiger partial charge < -0.3 is 5.32 Å². The molecule has 9 heteroatoms. The molecule has 0 unspecified atom stereocenters. The highest BCUT2D eigenvalue weighted by atomic mass is 19.3. The Hall–Kier alpha value is -3.10. The lowest BCUT2D eigenvalue weighted by molar-refractivity contribution is -0.193. The van der Waals surface area contributed by atoms with Gasteiger partial charge in [0.25, 0.3) is 0 Å². The van der Waals surface area contributed by atoms with Crippen molar-refractivity contribution >= 4 is 17.2 Å². The maximum atomic E-state index is 13.1. The van der Waals surface area contributed by atoms with Crippen LogP contribution in [0.5, 0.6) is 0 Å². The third-order valence-electron chi connectivity index (χ3n) is 5.93. The number of fused-ring (bicyclic) bond motifs is 2. The fourth-order valence-corrected chi connectivity index (χ4v) is 4.77. The average molecular weight is 381 g/mol. The quantitative estimate of drug-likeness (QED) is 0.589. The van der Waals surface area contributed by atoms with Crippen LogP contribution in [0.15, 0.2) is 43.2 Å². The first kappa shape index (κ1) is 15.9. The number of anilines is 1. The lowest BCUT2D eigenvalue weighted by Gasteiger charge is -2.57. The number of rotatable bonds is 3. The zero-order valence-corrected chi connectivity index (χ0v) is 14.9. The minimum Gasteiger partial charge on any atom is -0.350 e. The molecule has 2 aliphatic rings. The molecule has 4 aromatic rings. The Labute approximate surface area is 158 Å². The van der Waals surface area contributed by atoms with E-state index in [4.69, 9.17) is 0 Å². The van der Waals surface area contributed by atoms with Crippen LogP contribution in [0.4, 0.5) is 14.7 Å². The second kappa shape index (κ2) is 5.24. The van der Waals surface area contributed by atoms with Crippen molar-refractivity contribution in [2.75, 3.05) is 5.32 Å². The molecule has 2 fully saturated rings. The maximum absolute atomic E-state index is 13.1. The lowest BCUT2D eigenvalue weighted by atomic mass is 9.52. The Balaban J connectivity index is 1.22. The largest absolute Gasteiger partial charge is 0.350 e. The highest BCUT2D eigenvalue weighted by Gasteiger charge is 2.61. The van der Waals surface area contributed by atoms with Gasteiger partial charge in [0.15, 0.2) is 0 Å². The van der Waals surface area contributed by atoms with E-state index in [2.05, 4.69) is 25.4 Å². The smallest absolute Gasteiger partial charge is 0.249 e. The lowest BCUT2D eigenvalue weighted by Crippen LogP contribution is -2.57. The van der Waals surface area contributed by atoms with E-state index in [0.717, 1.165) is 29.5 Å². The van der Waals surface area contributed by atoms with Gasteiger partial charge in [0.05, 0.1) is 11.7 Å². The maximum Gasteiger partial charge on any atom is 0.249 e. The van der Waals surface area contributed by atoms with Gasteiger partial charge in [-0.05, 0) is 24.3 Å². The van der Waals surface area contributed by atoms with E-state index in [1.54, 1.807) is 23.1 Å². The van der Waals surface area contributed by atoms with E-state index in [1.165, 1.54) is 0 Å². The number of aromatic nitrogens is 6. The standard InChI is InChI=1S/C19H17F2N7/c20-19(21)10-18(11-19)5-13(6-18)25-16-23-8-15-14(1-3-28(15)26-16)12-7-24-17-22-2-4-27(17)9-12/h1-4,7-9,13H,5-6,10-11H2,(H,25,26). The monoisotopic (exact) mass is 381 g/mol. The molecule has 2 aliphatic carbocycles. The van der Waals surface area contributed by atoms with Crippen LogP contribution in [0, 0.1) is 5.41 Å². The number of nitrogens with zero attached hydrogens (tertiary/aromatic N) is 6. The molecule has 142 valence electrons. The normalized spacial score (nSPS) is 20.4. The van der Waals surface area contributed by atoms with Crippen LogP contribution in [0.25, 0.3) is 22.4 Å². The molecule has 4 heterocycles. The number of nitrogens with one attached hydrogen (secondary N) is 1. The van der Waals surface area contributed by atoms with Gasteiger partial charge in [0, 0.05) is 61.0 Å². The number of hydrogen-bond acceptors (Lipinski definition) is 5. The number of alkyl halides is 2. The molecule has 0 atom stereocenters. The van der Waals surface area contributed by atoms with Crippen LogP contribution in [-0.4, -0.2) is 40.9 Å². The summed E-state index contributed by atoms with van der Waals surface area (Å²) in [6.45, 7) is 0. The van der Waals surface area contributed by atoms with E-state index >= 15 is 0 Å². The minimum absolute atomic E-state index is 0.0221. The average Bonchev–Trinajstić information content (AvgIpc) is 3.24. The number of imidazole rings is 1. The molecule has 2 saturated carbocycles. The van der Waals surface area contributed by atoms with E-state index in [9.17, 15) is 8.78 Å². The Morgan fingerprint density at radius 2 is 1.93 bits per heavy atom. The van der Waals surface area contributed by atoms with Crippen molar-refractivity contribution in [1.82, 2.24) is 29.0 Å². The van der Waals surface area contributed by atoms with Crippen molar-refractivity contribution in [3.63, 3.8) is 0 Å². The first-order chi connectivity index (χ1) is 13.5. The molecule has 1 spiro atoms. The summed E-state index contributed by atoms with van der Waals surface area (Å²) in [5, 5.41) is 7.80. The number of halogens is 2. The van der Waals surface area contributed by atoms with Crippen LogP contribution >= 0.6 is 0 Å². The molecule has 0 aromatic carbocycles. The second-order valence-electron chi connectivity index (χ2n) is 8.08. The van der Waals surface area contributed by atoms with Crippen LogP contribution in [0.2, 0.25) is 0 Å². The summed E-state index contributed by atoms with van der Waals surface area (Å²) in [4.78, 5) is 12.9. The molecular formula is C19H17F2N7. The summed E-state index contributed by atoms with van der Waals surface area (Å²) in [5.41, 5.74) is 2.64. The van der Waals surface area contributed by atoms with Gasteiger partial charge >= 0.3 is 0 Å². The van der Waals surface area contributed by atoms with Gasteiger partial charge in [-0.25, -0.2) is 28.2 Å². The highest BCUT2D eigenvalue weighted by molar-refractivity contribution is 5.79. The van der Waals surface area contributed by atoms with Gasteiger partial charge in [-0.2, -0.15) is 0 Å². The van der Waals surface area contributed by atoms with Crippen molar-refractivity contribution in [3.8, 4) is 11.1 Å². The summed E-state index contributed by atoms with van der Waals surface area (Å²) < 4.78 is 29.9. The predicted octanol–water partition coefficient (Wildman–Crippen LogP) is 3.43. The van der Waals surface area contributed by atoms with Crippen molar-refractivity contribution in [1.29, 1.82) is 0 Å². The van der Waals surface area contributed by atoms with E-state index in [-0.39, 0.29) is 24.3 Å². The first-order valence-corrected chi connectivity index (χ1v) is 9.27. The first-order valence-electron chi connectivity index (χ1n) is 9.27. The Bertz CT molecular complexity index is 1200. The summed E-state index contributed by atoms with van der Waals surface area (Å²) in [5.74, 6) is -1.29. The van der Waals surface area contributed by atoms with Crippen molar-refractivity contribution < 1.29 is 8.78 Å². The molecule has 7 nitrogen and oxygen atoms in total. The van der Waals surface area contributed by atoms with Crippen LogP contribution in [0.3, 0.4) is 0 Å². The van der Waals surface area contributed by atoms with Crippen LogP contribution in [-0.2, 0) is 0 Å². The van der Waals surface area contributed by atoms with E-state index < -0.39 is 5.92 Å². The molecule has 28 heavy (non-hydrogen) atoms. The summed E-state index contributed by atoms with van der Waals surface area (Å²) in [7, 11) is 0. The van der Waals surface area contributed by atoms with Gasteiger partial charge in [-0.15, -0.1) is 5.10 Å². The molecule has 0 saturated heterocycles. The molecule has 0 bridgehead atoms. The van der Waals surface area contributed by atoms with Gasteiger partial charge in [-0.1, -0.05) is 0 Å². The molecule has 1 N–H and O–H groups in total. The summed E-state index contributed by atoms with van der Waals surface area (Å²) in [6, 6.07) is 2.14. The molecule has 0 amide bonds. The van der Waals surface area contributed by atoms with Crippen molar-refractivity contribution in [2.45, 2.75) is 37.6 Å². The van der Waals surface area contributed by atoms with Gasteiger partial charge in [0.1, 0.15) is 0 Å². The van der Waals surface area contributed by atoms with Crippen molar-refractivity contribution in [2.24, 2.45) is 5.41 Å². The molecular weight excluding hydrogens is 364 g/mol. The molecule has 6 rings (SSSR count). The van der Waals surface area contributed by atoms with Gasteiger partial charge in [-0.3, -0.25) is 4.40 Å². The third-order valence-corrected chi connectivity index (χ3v) is 5.93. The van der Waals surface area contributed by atoms with Crippen LogP contribution < -0.4 is 5.32 Å². The Morgan fingerprint density at radius 1 is 1.07 bits per heavy atom. The molecule has 0 radical (unpaired) electrons. The number of hydrogen-bond donors (Lipinski definition) is 1. The highest BCUT2D eigenvalue weighted by Crippen LogP contribution is 2.62. The van der Waals surface area contributed by atoms with E-state index in [1.807, 2.05) is 29.1 Å². The van der Waals surface area contributed by atoms with E-state index in [0.29, 0.717) is 11.7 Å². The third kappa shape index (κ3) is 2.38. The SMILES string of the molecule is FC1(F)CC2(CC(Nc3ncc4c(-c5cnc6nccn6c5)ccn4n3)C2)C1. The Kier molecular flexibility index (Phi) is 2.98. The summed E-state index contributed by atoms with van der Waals surface area (Å²) >= 11 is 0. The van der Waals surface area contributed by atoms with Crippen LogP contribution in [0.1, 0.15) is 25.7 Å². The zero-order valence-electron chi connectivity index (χ0n) is 14.9. The summed E-state index contributed by atoms with van der Waals surface area (Å²) in [6.07, 6.45) is 12.5. The molecule has 0 aliphatic heterocycles. The van der Waals surface area contributed by atoms with Crippen molar-refractivity contribution in [3.05, 3.63) is 43.2 Å². The zero-order chi connectivity index (χ0) is 18.9.